The molecule has 0 amide bonds. The number of hydrogen-bond donors (Lipinski definition) is 2. The first-order valence-electron chi connectivity index (χ1n) is 9.48. The van der Waals surface area contributed by atoms with Crippen molar-refractivity contribution in [1.29, 1.82) is 0 Å². The van der Waals surface area contributed by atoms with Gasteiger partial charge in [0.05, 0.1) is 5.69 Å². The minimum atomic E-state index is -0.366. The van der Waals surface area contributed by atoms with Crippen LogP contribution in [0.3, 0.4) is 0 Å². The molecule has 1 aromatic rings. The van der Waals surface area contributed by atoms with Gasteiger partial charge in [0.15, 0.2) is 0 Å². The summed E-state index contributed by atoms with van der Waals surface area (Å²) < 4.78 is 0. The van der Waals surface area contributed by atoms with E-state index >= 15 is 0 Å². The van der Waals surface area contributed by atoms with Crippen molar-refractivity contribution in [3.63, 3.8) is 0 Å². The Morgan fingerprint density at radius 3 is 2.44 bits per heavy atom. The lowest BCUT2D eigenvalue weighted by molar-refractivity contribution is 0.302. The lowest BCUT2D eigenvalue weighted by atomic mass is 9.87. The summed E-state index contributed by atoms with van der Waals surface area (Å²) in [5.41, 5.74) is 14.4. The smallest absolute Gasteiger partial charge is 0.220 e. The Labute approximate surface area is 149 Å². The highest BCUT2D eigenvalue weighted by atomic mass is 15.4. The number of hydrogen-bond acceptors (Lipinski definition) is 6. The van der Waals surface area contributed by atoms with Gasteiger partial charge in [-0.05, 0) is 63.2 Å². The Morgan fingerprint density at radius 2 is 1.68 bits per heavy atom. The summed E-state index contributed by atoms with van der Waals surface area (Å²) in [5.74, 6) is 0.788. The van der Waals surface area contributed by atoms with Crippen LogP contribution in [-0.2, 0) is 6.54 Å². The predicted octanol–water partition coefficient (Wildman–Crippen LogP) is 2.39. The number of likely N-dealkylation sites (tertiary alicyclic amines) is 1. The Bertz CT molecular complexity index is 683. The van der Waals surface area contributed by atoms with Crippen molar-refractivity contribution in [2.45, 2.75) is 57.2 Å². The number of aliphatic imine (C=N–C) groups is 2. The van der Waals surface area contributed by atoms with Crippen molar-refractivity contribution in [2.75, 3.05) is 18.0 Å². The van der Waals surface area contributed by atoms with Crippen LogP contribution in [-0.4, -0.2) is 35.6 Å². The van der Waals surface area contributed by atoms with Crippen molar-refractivity contribution < 1.29 is 0 Å². The van der Waals surface area contributed by atoms with Gasteiger partial charge in [0.25, 0.3) is 0 Å². The van der Waals surface area contributed by atoms with E-state index in [-0.39, 0.29) is 5.66 Å². The molecular formula is C19H28N6. The minimum absolute atomic E-state index is 0.313. The van der Waals surface area contributed by atoms with Gasteiger partial charge in [-0.2, -0.15) is 4.99 Å². The molecule has 0 atom stereocenters. The molecule has 0 unspecified atom stereocenters. The fourth-order valence-electron chi connectivity index (χ4n) is 4.51. The van der Waals surface area contributed by atoms with Gasteiger partial charge in [-0.1, -0.05) is 24.6 Å². The van der Waals surface area contributed by atoms with E-state index in [9.17, 15) is 0 Å². The zero-order chi connectivity index (χ0) is 17.3. The molecule has 0 radical (unpaired) electrons. The van der Waals surface area contributed by atoms with E-state index in [4.69, 9.17) is 16.5 Å². The second kappa shape index (κ2) is 6.67. The molecule has 134 valence electrons. The van der Waals surface area contributed by atoms with Crippen LogP contribution in [0.25, 0.3) is 0 Å². The summed E-state index contributed by atoms with van der Waals surface area (Å²) in [6, 6.07) is 8.55. The summed E-state index contributed by atoms with van der Waals surface area (Å²) >= 11 is 0. The van der Waals surface area contributed by atoms with E-state index in [1.165, 1.54) is 37.9 Å². The molecule has 4 rings (SSSR count). The molecule has 6 heteroatoms. The Kier molecular flexibility index (Phi) is 4.37. The van der Waals surface area contributed by atoms with E-state index in [2.05, 4.69) is 39.1 Å². The summed E-state index contributed by atoms with van der Waals surface area (Å²) in [4.78, 5) is 13.8. The largest absolute Gasteiger partial charge is 0.369 e. The Morgan fingerprint density at radius 1 is 0.960 bits per heavy atom. The van der Waals surface area contributed by atoms with Gasteiger partial charge < -0.3 is 11.5 Å². The molecule has 3 aliphatic rings. The van der Waals surface area contributed by atoms with Crippen LogP contribution in [0.2, 0.25) is 0 Å². The maximum absolute atomic E-state index is 6.39. The van der Waals surface area contributed by atoms with Gasteiger partial charge in [0, 0.05) is 6.54 Å². The molecule has 25 heavy (non-hydrogen) atoms. The third kappa shape index (κ3) is 3.11. The predicted molar refractivity (Wildman–Crippen MR) is 102 cm³/mol. The molecule has 1 saturated heterocycles. The molecule has 1 aliphatic carbocycles. The highest BCUT2D eigenvalue weighted by Gasteiger charge is 2.43. The second-order valence-electron chi connectivity index (χ2n) is 7.43. The molecular weight excluding hydrogens is 312 g/mol. The molecule has 1 aromatic carbocycles. The van der Waals surface area contributed by atoms with Gasteiger partial charge in [0.1, 0.15) is 5.66 Å². The van der Waals surface area contributed by atoms with Gasteiger partial charge in [-0.25, -0.2) is 4.99 Å². The number of nitrogens with zero attached hydrogens (tertiary/aromatic N) is 4. The second-order valence-corrected chi connectivity index (χ2v) is 7.43. The monoisotopic (exact) mass is 340 g/mol. The van der Waals surface area contributed by atoms with E-state index in [0.29, 0.717) is 11.9 Å². The summed E-state index contributed by atoms with van der Waals surface area (Å²) in [5, 5.41) is 0. The van der Waals surface area contributed by atoms with Crippen LogP contribution in [0.4, 0.5) is 5.69 Å². The maximum Gasteiger partial charge on any atom is 0.220 e. The lowest BCUT2D eigenvalue weighted by Crippen LogP contribution is -2.58. The third-order valence-electron chi connectivity index (χ3n) is 5.68. The van der Waals surface area contributed by atoms with Crippen LogP contribution >= 0.6 is 0 Å². The standard InChI is InChI=1S/C19H28N6/c20-17-22-18(21)25(19(23-17)10-4-1-5-11-19)16-9-3-2-8-15(16)14-24-12-6-7-13-24/h2-3,8-9H,1,4-7,10-14H2,(H4,20,21,22,23). The molecule has 1 saturated carbocycles. The summed E-state index contributed by atoms with van der Waals surface area (Å²) in [7, 11) is 0. The molecule has 0 aromatic heterocycles. The van der Waals surface area contributed by atoms with Crippen LogP contribution in [0, 0.1) is 0 Å². The molecule has 2 aliphatic heterocycles. The number of anilines is 1. The van der Waals surface area contributed by atoms with E-state index in [1.54, 1.807) is 0 Å². The van der Waals surface area contributed by atoms with Crippen LogP contribution in [0.1, 0.15) is 50.5 Å². The van der Waals surface area contributed by atoms with E-state index < -0.39 is 0 Å². The molecule has 2 heterocycles. The average Bonchev–Trinajstić information content (AvgIpc) is 3.09. The lowest BCUT2D eigenvalue weighted by Gasteiger charge is -2.46. The Balaban J connectivity index is 1.72. The molecule has 1 spiro atoms. The van der Waals surface area contributed by atoms with Gasteiger partial charge in [-0.3, -0.25) is 9.80 Å². The first-order chi connectivity index (χ1) is 12.2. The zero-order valence-electron chi connectivity index (χ0n) is 14.8. The SMILES string of the molecule is NC1=NC2(CCCCC2)N(c2ccccc2CN2CCCC2)C(N)=N1. The van der Waals surface area contributed by atoms with E-state index in [0.717, 1.165) is 37.9 Å². The first kappa shape index (κ1) is 16.4. The number of guanidine groups is 2. The average molecular weight is 340 g/mol. The maximum atomic E-state index is 6.39. The molecule has 0 bridgehead atoms. The quantitative estimate of drug-likeness (QED) is 0.885. The van der Waals surface area contributed by atoms with Gasteiger partial charge in [-0.15, -0.1) is 0 Å². The van der Waals surface area contributed by atoms with E-state index in [1.807, 2.05) is 0 Å². The fourth-order valence-corrected chi connectivity index (χ4v) is 4.51. The number of para-hydroxylation sites is 1. The normalized spacial score (nSPS) is 23.6. The van der Waals surface area contributed by atoms with Crippen molar-refractivity contribution in [3.8, 4) is 0 Å². The van der Waals surface area contributed by atoms with Crippen LogP contribution in [0.5, 0.6) is 0 Å². The molecule has 4 N–H and O–H groups in total. The number of rotatable bonds is 3. The van der Waals surface area contributed by atoms with Crippen LogP contribution in [0.15, 0.2) is 34.3 Å². The van der Waals surface area contributed by atoms with Gasteiger partial charge >= 0.3 is 0 Å². The van der Waals surface area contributed by atoms with Crippen molar-refractivity contribution >= 4 is 17.6 Å². The van der Waals surface area contributed by atoms with Crippen molar-refractivity contribution in [3.05, 3.63) is 29.8 Å². The fraction of sp³-hybridized carbons (Fsp3) is 0.579. The number of nitrogens with two attached hydrogens (primary N) is 2. The minimum Gasteiger partial charge on any atom is -0.369 e. The van der Waals surface area contributed by atoms with Crippen LogP contribution < -0.4 is 16.4 Å². The zero-order valence-corrected chi connectivity index (χ0v) is 14.8. The summed E-state index contributed by atoms with van der Waals surface area (Å²) in [6.07, 6.45) is 8.08. The molecule has 2 fully saturated rings. The number of benzene rings is 1. The van der Waals surface area contributed by atoms with Crippen molar-refractivity contribution in [2.24, 2.45) is 21.5 Å². The summed E-state index contributed by atoms with van der Waals surface area (Å²) in [6.45, 7) is 3.30. The van der Waals surface area contributed by atoms with Gasteiger partial charge in [0.2, 0.25) is 11.9 Å². The third-order valence-corrected chi connectivity index (χ3v) is 5.68. The molecule has 6 nitrogen and oxygen atoms in total. The first-order valence-corrected chi connectivity index (χ1v) is 9.48. The topological polar surface area (TPSA) is 83.2 Å². The highest BCUT2D eigenvalue weighted by Crippen LogP contribution is 2.40. The highest BCUT2D eigenvalue weighted by molar-refractivity contribution is 6.06. The Hall–Kier alpha value is -2.08. The van der Waals surface area contributed by atoms with Crippen molar-refractivity contribution in [1.82, 2.24) is 4.90 Å².